The van der Waals surface area contributed by atoms with Crippen LogP contribution in [0.3, 0.4) is 0 Å². The lowest BCUT2D eigenvalue weighted by Crippen LogP contribution is -2.38. The third kappa shape index (κ3) is 3.65. The minimum absolute atomic E-state index is 0.162. The van der Waals surface area contributed by atoms with Gasteiger partial charge in [0.05, 0.1) is 17.7 Å². The molecule has 2 atom stereocenters. The van der Waals surface area contributed by atoms with Crippen LogP contribution < -0.4 is 5.32 Å². The Hall–Kier alpha value is -2.51. The lowest BCUT2D eigenvalue weighted by molar-refractivity contribution is 0.243. The van der Waals surface area contributed by atoms with Gasteiger partial charge in [0.15, 0.2) is 0 Å². The number of aromatic hydroxyl groups is 1. The summed E-state index contributed by atoms with van der Waals surface area (Å²) in [7, 11) is 0. The van der Waals surface area contributed by atoms with Gasteiger partial charge in [0.2, 0.25) is 0 Å². The van der Waals surface area contributed by atoms with Gasteiger partial charge in [-0.1, -0.05) is 40.2 Å². The Kier molecular flexibility index (Phi) is 4.80. The molecule has 2 amide bonds. The molecule has 3 aromatic rings. The van der Waals surface area contributed by atoms with Crippen molar-refractivity contribution in [2.24, 2.45) is 4.99 Å². The number of halogens is 1. The summed E-state index contributed by atoms with van der Waals surface area (Å²) in [5.41, 5.74) is 3.46. The molecule has 0 radical (unpaired) electrons. The fraction of sp³-hybridized carbons (Fsp3) is 0.150. The number of nitrogens with one attached hydrogen (secondary N) is 1. The molecule has 2 aromatic carbocycles. The molecule has 2 heterocycles. The molecule has 27 heavy (non-hydrogen) atoms. The molecular weight excluding hydrogens is 426 g/mol. The van der Waals surface area contributed by atoms with Crippen molar-refractivity contribution < 1.29 is 9.90 Å². The number of hydrogen-bond donors (Lipinski definition) is 2. The molecule has 1 aliphatic rings. The number of urea groups is 1. The van der Waals surface area contributed by atoms with Gasteiger partial charge in [-0.05, 0) is 36.8 Å². The summed E-state index contributed by atoms with van der Waals surface area (Å²) in [5, 5.41) is 15.7. The Morgan fingerprint density at radius 3 is 2.70 bits per heavy atom. The molecule has 7 heteroatoms. The van der Waals surface area contributed by atoms with E-state index in [9.17, 15) is 9.90 Å². The van der Waals surface area contributed by atoms with Crippen LogP contribution in [-0.4, -0.2) is 21.8 Å². The summed E-state index contributed by atoms with van der Waals surface area (Å²) in [5.74, 6) is -0.0194. The van der Waals surface area contributed by atoms with E-state index in [1.54, 1.807) is 29.5 Å². The van der Waals surface area contributed by atoms with Gasteiger partial charge in [0.1, 0.15) is 10.8 Å². The molecule has 136 valence electrons. The summed E-state index contributed by atoms with van der Waals surface area (Å²) in [6.07, 6.45) is 0. The van der Waals surface area contributed by atoms with E-state index in [2.05, 4.69) is 26.2 Å². The van der Waals surface area contributed by atoms with E-state index in [-0.39, 0.29) is 23.7 Å². The van der Waals surface area contributed by atoms with E-state index in [1.807, 2.05) is 42.6 Å². The molecule has 0 saturated heterocycles. The Morgan fingerprint density at radius 1 is 1.19 bits per heavy atom. The van der Waals surface area contributed by atoms with E-state index < -0.39 is 0 Å². The number of nitrogens with zero attached hydrogens (tertiary/aromatic N) is 2. The SMILES string of the molecule is CC1=NC(=O)NC(c2cccc(O)c2)C1c1nc(-c2ccc(Br)cc2)cs1. The Bertz CT molecular complexity index is 1030. The maximum Gasteiger partial charge on any atom is 0.341 e. The molecule has 1 aliphatic heterocycles. The van der Waals surface area contributed by atoms with Crippen molar-refractivity contribution in [1.82, 2.24) is 10.3 Å². The molecule has 0 fully saturated rings. The highest BCUT2D eigenvalue weighted by atomic mass is 79.9. The monoisotopic (exact) mass is 441 g/mol. The molecule has 0 bridgehead atoms. The Labute approximate surface area is 168 Å². The molecule has 0 aliphatic carbocycles. The zero-order chi connectivity index (χ0) is 19.0. The number of aliphatic imine (C=N–C) groups is 1. The van der Waals surface area contributed by atoms with Crippen molar-refractivity contribution in [3.8, 4) is 17.0 Å². The summed E-state index contributed by atoms with van der Waals surface area (Å²) in [4.78, 5) is 20.9. The fourth-order valence-electron chi connectivity index (χ4n) is 3.22. The Balaban J connectivity index is 1.74. The summed E-state index contributed by atoms with van der Waals surface area (Å²) in [6.45, 7) is 1.85. The number of aromatic nitrogens is 1. The van der Waals surface area contributed by atoms with Crippen molar-refractivity contribution in [2.75, 3.05) is 0 Å². The highest BCUT2D eigenvalue weighted by Crippen LogP contribution is 2.38. The van der Waals surface area contributed by atoms with Crippen molar-refractivity contribution in [3.63, 3.8) is 0 Å². The molecule has 1 aromatic heterocycles. The van der Waals surface area contributed by atoms with Crippen LogP contribution in [0.1, 0.15) is 29.5 Å². The normalized spacial score (nSPS) is 19.5. The summed E-state index contributed by atoms with van der Waals surface area (Å²) in [6, 6.07) is 14.2. The molecule has 5 nitrogen and oxygen atoms in total. The van der Waals surface area contributed by atoms with Gasteiger partial charge < -0.3 is 10.4 Å². The van der Waals surface area contributed by atoms with Crippen molar-refractivity contribution in [3.05, 3.63) is 69.0 Å². The third-order valence-corrected chi connectivity index (χ3v) is 5.95. The van der Waals surface area contributed by atoms with Crippen LogP contribution in [0, 0.1) is 0 Å². The largest absolute Gasteiger partial charge is 0.508 e. The van der Waals surface area contributed by atoms with Gasteiger partial charge in [-0.3, -0.25) is 0 Å². The van der Waals surface area contributed by atoms with Crippen LogP contribution in [0.5, 0.6) is 5.75 Å². The zero-order valence-corrected chi connectivity index (χ0v) is 16.8. The fourth-order valence-corrected chi connectivity index (χ4v) is 4.51. The topological polar surface area (TPSA) is 74.6 Å². The van der Waals surface area contributed by atoms with Gasteiger partial charge in [-0.2, -0.15) is 0 Å². The lowest BCUT2D eigenvalue weighted by Gasteiger charge is -2.30. The zero-order valence-electron chi connectivity index (χ0n) is 14.4. The first-order valence-electron chi connectivity index (χ1n) is 8.37. The standard InChI is InChI=1S/C20H16BrN3O2S/c1-11-17(18(24-20(26)22-11)13-3-2-4-15(25)9-13)19-23-16(10-27-19)12-5-7-14(21)8-6-12/h2-10,17-18,25H,1H3,(H,24,26). The number of thiazole rings is 1. The summed E-state index contributed by atoms with van der Waals surface area (Å²) >= 11 is 4.99. The number of benzene rings is 2. The van der Waals surface area contributed by atoms with E-state index in [1.165, 1.54) is 0 Å². The highest BCUT2D eigenvalue weighted by molar-refractivity contribution is 9.10. The second kappa shape index (κ2) is 7.25. The average molecular weight is 442 g/mol. The number of amides is 2. The second-order valence-corrected chi connectivity index (χ2v) is 8.14. The molecular formula is C20H16BrN3O2S. The van der Waals surface area contributed by atoms with Gasteiger partial charge in [-0.25, -0.2) is 14.8 Å². The number of rotatable bonds is 3. The molecule has 2 N–H and O–H groups in total. The minimum Gasteiger partial charge on any atom is -0.508 e. The first-order valence-corrected chi connectivity index (χ1v) is 10.0. The van der Waals surface area contributed by atoms with E-state index in [4.69, 9.17) is 4.98 Å². The van der Waals surface area contributed by atoms with E-state index >= 15 is 0 Å². The van der Waals surface area contributed by atoms with E-state index in [0.29, 0.717) is 5.71 Å². The van der Waals surface area contributed by atoms with E-state index in [0.717, 1.165) is 26.3 Å². The maximum atomic E-state index is 12.0. The predicted molar refractivity (Wildman–Crippen MR) is 110 cm³/mol. The maximum absolute atomic E-state index is 12.0. The van der Waals surface area contributed by atoms with Gasteiger partial charge in [-0.15, -0.1) is 11.3 Å². The second-order valence-electron chi connectivity index (χ2n) is 6.33. The first kappa shape index (κ1) is 17.9. The Morgan fingerprint density at radius 2 is 1.96 bits per heavy atom. The number of carbonyl (C=O) groups is 1. The highest BCUT2D eigenvalue weighted by Gasteiger charge is 2.35. The molecule has 0 spiro atoms. The average Bonchev–Trinajstić information content (AvgIpc) is 3.11. The van der Waals surface area contributed by atoms with Crippen molar-refractivity contribution in [2.45, 2.75) is 18.9 Å². The number of phenols is 1. The van der Waals surface area contributed by atoms with Crippen LogP contribution in [0.15, 0.2) is 63.4 Å². The van der Waals surface area contributed by atoms with Gasteiger partial charge in [0.25, 0.3) is 0 Å². The molecule has 0 saturated carbocycles. The van der Waals surface area contributed by atoms with Crippen molar-refractivity contribution >= 4 is 39.0 Å². The van der Waals surface area contributed by atoms with Crippen LogP contribution in [-0.2, 0) is 0 Å². The molecule has 2 unspecified atom stereocenters. The van der Waals surface area contributed by atoms with Crippen LogP contribution in [0.4, 0.5) is 4.79 Å². The number of phenolic OH excluding ortho intramolecular Hbond substituents is 1. The quantitative estimate of drug-likeness (QED) is 0.579. The van der Waals surface area contributed by atoms with Crippen LogP contribution in [0.2, 0.25) is 0 Å². The van der Waals surface area contributed by atoms with Gasteiger partial charge >= 0.3 is 6.03 Å². The molecule has 4 rings (SSSR count). The number of hydrogen-bond acceptors (Lipinski definition) is 4. The minimum atomic E-state index is -0.373. The lowest BCUT2D eigenvalue weighted by atomic mass is 9.88. The van der Waals surface area contributed by atoms with Gasteiger partial charge in [0, 0.05) is 21.1 Å². The third-order valence-electron chi connectivity index (χ3n) is 4.50. The predicted octanol–water partition coefficient (Wildman–Crippen LogP) is 5.29. The van der Waals surface area contributed by atoms with Crippen molar-refractivity contribution in [1.29, 1.82) is 0 Å². The van der Waals surface area contributed by atoms with Crippen LogP contribution in [0.25, 0.3) is 11.3 Å². The smallest absolute Gasteiger partial charge is 0.341 e. The summed E-state index contributed by atoms with van der Waals surface area (Å²) < 4.78 is 1.02. The number of carbonyl (C=O) groups excluding carboxylic acids is 1. The first-order chi connectivity index (χ1) is 13.0. The van der Waals surface area contributed by atoms with Crippen LogP contribution >= 0.6 is 27.3 Å².